The lowest BCUT2D eigenvalue weighted by Crippen LogP contribution is -2.36. The van der Waals surface area contributed by atoms with Gasteiger partial charge in [0.05, 0.1) is 18.6 Å². The predicted octanol–water partition coefficient (Wildman–Crippen LogP) is 4.96. The van der Waals surface area contributed by atoms with Crippen LogP contribution in [-0.2, 0) is 19.1 Å². The number of Topliss-reactive ketones (excluding diaryl/α,β-unsaturated/α-hetero) is 1. The molecule has 0 spiro atoms. The number of hydrogen-bond donors (Lipinski definition) is 1. The van der Waals surface area contributed by atoms with Gasteiger partial charge in [-0.15, -0.1) is 0 Å². The molecule has 0 amide bonds. The Morgan fingerprint density at radius 1 is 1.19 bits per heavy atom. The Kier molecular flexibility index (Phi) is 11.1. The van der Waals surface area contributed by atoms with E-state index in [1.165, 1.54) is 11.6 Å². The fourth-order valence-corrected chi connectivity index (χ4v) is 3.59. The zero-order valence-electron chi connectivity index (χ0n) is 20.2. The normalized spacial score (nSPS) is 29.1. The molecule has 0 aromatic carbocycles. The quantitative estimate of drug-likeness (QED) is 0.350. The minimum Gasteiger partial charge on any atom is -0.455 e. The van der Waals surface area contributed by atoms with Gasteiger partial charge in [-0.1, -0.05) is 49.3 Å². The second-order valence-corrected chi connectivity index (χ2v) is 9.26. The molecule has 1 aliphatic carbocycles. The lowest BCUT2D eigenvalue weighted by Gasteiger charge is -2.29. The van der Waals surface area contributed by atoms with Crippen LogP contribution in [0.25, 0.3) is 0 Å². The fraction of sp³-hybridized carbons (Fsp3) is 0.615. The molecule has 174 valence electrons. The van der Waals surface area contributed by atoms with Gasteiger partial charge in [0.2, 0.25) is 0 Å². The number of allylic oxidation sites excluding steroid dienone is 5. The molecule has 0 aliphatic heterocycles. The van der Waals surface area contributed by atoms with Crippen LogP contribution >= 0.6 is 0 Å². The molecule has 0 radical (unpaired) electrons. The summed E-state index contributed by atoms with van der Waals surface area (Å²) in [5.41, 5.74) is 1.76. The SMILES string of the molecule is COC1CC(=O)C(CO)C=C[C@](C)(CCC=C(C)C)C=C[C@@H](OC(=O)C=C(C)C)[C@H]1C. The van der Waals surface area contributed by atoms with Crippen LogP contribution in [0.15, 0.2) is 47.6 Å². The molecule has 5 heteroatoms. The third kappa shape index (κ3) is 9.36. The Bertz CT molecular complexity index is 722. The molecule has 0 saturated carbocycles. The first-order valence-corrected chi connectivity index (χ1v) is 11.0. The molecule has 2 unspecified atom stereocenters. The van der Waals surface area contributed by atoms with E-state index in [4.69, 9.17) is 9.47 Å². The van der Waals surface area contributed by atoms with Crippen molar-refractivity contribution in [3.05, 3.63) is 47.6 Å². The highest BCUT2D eigenvalue weighted by Crippen LogP contribution is 2.31. The van der Waals surface area contributed by atoms with Crippen LogP contribution in [0.2, 0.25) is 0 Å². The summed E-state index contributed by atoms with van der Waals surface area (Å²) < 4.78 is 11.4. The van der Waals surface area contributed by atoms with Gasteiger partial charge >= 0.3 is 5.97 Å². The van der Waals surface area contributed by atoms with Crippen molar-refractivity contribution in [2.45, 2.75) is 73.0 Å². The zero-order valence-corrected chi connectivity index (χ0v) is 20.2. The highest BCUT2D eigenvalue weighted by Gasteiger charge is 2.32. The van der Waals surface area contributed by atoms with Crippen molar-refractivity contribution in [3.63, 3.8) is 0 Å². The summed E-state index contributed by atoms with van der Waals surface area (Å²) in [6, 6.07) is 0. The zero-order chi connectivity index (χ0) is 23.6. The highest BCUT2D eigenvalue weighted by molar-refractivity contribution is 5.84. The third-order valence-corrected chi connectivity index (χ3v) is 5.69. The van der Waals surface area contributed by atoms with Gasteiger partial charge in [0.25, 0.3) is 0 Å². The molecule has 0 saturated heterocycles. The Morgan fingerprint density at radius 3 is 2.39 bits per heavy atom. The molecule has 1 N–H and O–H groups in total. The minimum atomic E-state index is -0.578. The number of carbonyl (C=O) groups excluding carboxylic acids is 2. The maximum absolute atomic E-state index is 12.8. The largest absolute Gasteiger partial charge is 0.455 e. The average Bonchev–Trinajstić information content (AvgIpc) is 2.69. The van der Waals surface area contributed by atoms with E-state index in [2.05, 4.69) is 32.9 Å². The van der Waals surface area contributed by atoms with Crippen LogP contribution in [0.3, 0.4) is 0 Å². The van der Waals surface area contributed by atoms with Crippen molar-refractivity contribution in [1.82, 2.24) is 0 Å². The van der Waals surface area contributed by atoms with Crippen LogP contribution in [0, 0.1) is 17.3 Å². The molecule has 0 bridgehead atoms. The molecule has 5 nitrogen and oxygen atoms in total. The molecule has 0 fully saturated rings. The van der Waals surface area contributed by atoms with Crippen molar-refractivity contribution in [3.8, 4) is 0 Å². The van der Waals surface area contributed by atoms with Crippen LogP contribution in [0.5, 0.6) is 0 Å². The van der Waals surface area contributed by atoms with Gasteiger partial charge < -0.3 is 14.6 Å². The fourth-order valence-electron chi connectivity index (χ4n) is 3.59. The van der Waals surface area contributed by atoms with E-state index in [0.29, 0.717) is 0 Å². The van der Waals surface area contributed by atoms with Crippen molar-refractivity contribution in [2.75, 3.05) is 13.7 Å². The molecule has 5 atom stereocenters. The molecule has 0 heterocycles. The Hall–Kier alpha value is -1.98. The van der Waals surface area contributed by atoms with Gasteiger partial charge in [-0.25, -0.2) is 4.79 Å². The smallest absolute Gasteiger partial charge is 0.331 e. The molecule has 31 heavy (non-hydrogen) atoms. The predicted molar refractivity (Wildman–Crippen MR) is 125 cm³/mol. The van der Waals surface area contributed by atoms with Crippen molar-refractivity contribution >= 4 is 11.8 Å². The van der Waals surface area contributed by atoms with Gasteiger partial charge in [0.1, 0.15) is 11.9 Å². The van der Waals surface area contributed by atoms with Crippen LogP contribution in [0.1, 0.15) is 60.8 Å². The second-order valence-electron chi connectivity index (χ2n) is 9.26. The maximum Gasteiger partial charge on any atom is 0.331 e. The second kappa shape index (κ2) is 12.8. The average molecular weight is 433 g/mol. The van der Waals surface area contributed by atoms with E-state index in [0.717, 1.165) is 18.4 Å². The van der Waals surface area contributed by atoms with Crippen molar-refractivity contribution in [2.24, 2.45) is 17.3 Å². The summed E-state index contributed by atoms with van der Waals surface area (Å²) in [6.45, 7) is 11.6. The summed E-state index contributed by atoms with van der Waals surface area (Å²) in [4.78, 5) is 25.2. The summed E-state index contributed by atoms with van der Waals surface area (Å²) >= 11 is 0. The van der Waals surface area contributed by atoms with Gasteiger partial charge in [0, 0.05) is 30.9 Å². The highest BCUT2D eigenvalue weighted by atomic mass is 16.5. The first-order chi connectivity index (χ1) is 14.5. The number of carbonyl (C=O) groups is 2. The maximum atomic E-state index is 12.8. The number of esters is 1. The number of rotatable bonds is 7. The van der Waals surface area contributed by atoms with Crippen molar-refractivity contribution in [1.29, 1.82) is 0 Å². The van der Waals surface area contributed by atoms with E-state index < -0.39 is 24.1 Å². The van der Waals surface area contributed by atoms with E-state index in [1.807, 2.05) is 39.0 Å². The van der Waals surface area contributed by atoms with Crippen molar-refractivity contribution < 1.29 is 24.2 Å². The standard InChI is InChI=1S/C26H40O5/c1-18(2)9-8-12-26(6)13-10-21(17-27)22(28)16-24(30-7)20(5)23(11-14-26)31-25(29)15-19(3)4/h9-11,13-15,20-21,23-24,27H,8,12,16-17H2,1-7H3/t20-,21?,23-,24?,26+/m1/s1. The van der Waals surface area contributed by atoms with Crippen LogP contribution in [0.4, 0.5) is 0 Å². The Labute approximate surface area is 187 Å². The van der Waals surface area contributed by atoms with E-state index in [-0.39, 0.29) is 30.1 Å². The summed E-state index contributed by atoms with van der Waals surface area (Å²) in [5, 5.41) is 9.79. The van der Waals surface area contributed by atoms with Gasteiger partial charge in [-0.2, -0.15) is 0 Å². The van der Waals surface area contributed by atoms with E-state index in [9.17, 15) is 14.7 Å². The third-order valence-electron chi connectivity index (χ3n) is 5.69. The number of hydrogen-bond acceptors (Lipinski definition) is 5. The first-order valence-electron chi connectivity index (χ1n) is 11.0. The Morgan fingerprint density at radius 2 is 1.84 bits per heavy atom. The summed E-state index contributed by atoms with van der Waals surface area (Å²) in [5.74, 6) is -1.31. The monoisotopic (exact) mass is 432 g/mol. The van der Waals surface area contributed by atoms with Crippen LogP contribution < -0.4 is 0 Å². The first kappa shape index (κ1) is 27.1. The van der Waals surface area contributed by atoms with Gasteiger partial charge in [-0.3, -0.25) is 4.79 Å². The number of aliphatic hydroxyl groups is 1. The molecule has 1 aliphatic rings. The molecule has 0 aromatic rings. The topological polar surface area (TPSA) is 72.8 Å². The molecule has 0 aromatic heterocycles. The number of ketones is 1. The summed E-state index contributed by atoms with van der Waals surface area (Å²) in [6.07, 6.45) is 12.3. The summed E-state index contributed by atoms with van der Waals surface area (Å²) in [7, 11) is 1.56. The van der Waals surface area contributed by atoms with Crippen LogP contribution in [-0.4, -0.2) is 42.8 Å². The Balaban J connectivity index is 3.36. The lowest BCUT2D eigenvalue weighted by molar-refractivity contribution is -0.145. The van der Waals surface area contributed by atoms with E-state index >= 15 is 0 Å². The molecular weight excluding hydrogens is 392 g/mol. The van der Waals surface area contributed by atoms with Gasteiger partial charge in [0.15, 0.2) is 0 Å². The molecule has 1 rings (SSSR count). The number of methoxy groups -OCH3 is 1. The number of ether oxygens (including phenoxy) is 2. The van der Waals surface area contributed by atoms with E-state index in [1.54, 1.807) is 7.11 Å². The minimum absolute atomic E-state index is 0.0830. The lowest BCUT2D eigenvalue weighted by atomic mass is 9.82. The molecular formula is C26H40O5. The number of aliphatic hydroxyl groups excluding tert-OH is 1. The van der Waals surface area contributed by atoms with Gasteiger partial charge in [-0.05, 0) is 46.6 Å².